The number of nitrogens with one attached hydrogen (secondary N) is 2. The van der Waals surface area contributed by atoms with Gasteiger partial charge in [-0.3, -0.25) is 0 Å². The van der Waals surface area contributed by atoms with E-state index in [9.17, 15) is 0 Å². The smallest absolute Gasteiger partial charge is 0.124 e. The first-order valence-corrected chi connectivity index (χ1v) is 12.4. The maximum Gasteiger partial charge on any atom is 0.124 e. The molecule has 1 aromatic heterocycles. The molecule has 0 saturated carbocycles. The summed E-state index contributed by atoms with van der Waals surface area (Å²) in [5, 5.41) is 13.3. The fourth-order valence-electron chi connectivity index (χ4n) is 4.14. The standard InChI is InChI=1S/C30H27N3S/c1-21-9-7-13-24(17-21)26(31)19-28(23-11-3-2-4-12-23)32-20-22-10-8-14-25(18-22)30-33-27-15-5-6-16-29(27)34-30/h2-16,18-19,21,31-32H,17,20H2,1H3/b28-19-,31-26?. The second kappa shape index (κ2) is 10.0. The van der Waals surface area contributed by atoms with Crippen LogP contribution in [-0.4, -0.2) is 10.7 Å². The minimum Gasteiger partial charge on any atom is -0.380 e. The van der Waals surface area contributed by atoms with Gasteiger partial charge in [0.15, 0.2) is 0 Å². The van der Waals surface area contributed by atoms with E-state index < -0.39 is 0 Å². The molecule has 0 bridgehead atoms. The minimum absolute atomic E-state index is 0.465. The summed E-state index contributed by atoms with van der Waals surface area (Å²) in [6.45, 7) is 2.86. The summed E-state index contributed by atoms with van der Waals surface area (Å²) >= 11 is 1.72. The van der Waals surface area contributed by atoms with Crippen molar-refractivity contribution < 1.29 is 0 Å². The molecule has 3 aromatic carbocycles. The van der Waals surface area contributed by atoms with Gasteiger partial charge in [0.25, 0.3) is 0 Å². The van der Waals surface area contributed by atoms with Crippen LogP contribution < -0.4 is 5.32 Å². The summed E-state index contributed by atoms with van der Waals surface area (Å²) in [4.78, 5) is 4.81. The van der Waals surface area contributed by atoms with Crippen molar-refractivity contribution in [2.45, 2.75) is 19.9 Å². The van der Waals surface area contributed by atoms with E-state index in [1.807, 2.05) is 30.3 Å². The number of rotatable bonds is 7. The molecule has 1 unspecified atom stereocenters. The molecule has 168 valence electrons. The number of nitrogens with zero attached hydrogens (tertiary/aromatic N) is 1. The van der Waals surface area contributed by atoms with Crippen LogP contribution in [0.2, 0.25) is 0 Å². The van der Waals surface area contributed by atoms with Gasteiger partial charge in [0.1, 0.15) is 5.01 Å². The first kappa shape index (κ1) is 22.1. The van der Waals surface area contributed by atoms with E-state index >= 15 is 0 Å². The number of benzene rings is 3. The van der Waals surface area contributed by atoms with Gasteiger partial charge >= 0.3 is 0 Å². The van der Waals surface area contributed by atoms with Crippen molar-refractivity contribution in [3.63, 3.8) is 0 Å². The highest BCUT2D eigenvalue weighted by Gasteiger charge is 2.12. The van der Waals surface area contributed by atoms with Crippen molar-refractivity contribution in [1.29, 1.82) is 5.41 Å². The molecule has 0 radical (unpaired) electrons. The molecular formula is C30H27N3S. The van der Waals surface area contributed by atoms with E-state index in [1.54, 1.807) is 11.3 Å². The Kier molecular flexibility index (Phi) is 6.50. The highest BCUT2D eigenvalue weighted by molar-refractivity contribution is 7.21. The Hall–Kier alpha value is -3.76. The molecule has 1 heterocycles. The maximum atomic E-state index is 8.71. The lowest BCUT2D eigenvalue weighted by Gasteiger charge is -2.16. The Morgan fingerprint density at radius 3 is 2.71 bits per heavy atom. The quantitative estimate of drug-likeness (QED) is 0.278. The van der Waals surface area contributed by atoms with Gasteiger partial charge in [0.2, 0.25) is 0 Å². The Morgan fingerprint density at radius 2 is 1.88 bits per heavy atom. The van der Waals surface area contributed by atoms with Gasteiger partial charge in [-0.25, -0.2) is 4.98 Å². The van der Waals surface area contributed by atoms with Crippen molar-refractivity contribution >= 4 is 33.0 Å². The molecule has 0 fully saturated rings. The van der Waals surface area contributed by atoms with E-state index in [1.165, 1.54) is 10.3 Å². The SMILES string of the molecule is CC1C=CC=C(C(=N)/C=C(\NCc2cccc(-c3nc4ccccc4s3)c2)c2ccccc2)C1. The lowest BCUT2D eigenvalue weighted by Crippen LogP contribution is -2.14. The molecule has 3 nitrogen and oxygen atoms in total. The first-order chi connectivity index (χ1) is 16.7. The average molecular weight is 462 g/mol. The van der Waals surface area contributed by atoms with Crippen LogP contribution in [0.15, 0.2) is 109 Å². The van der Waals surface area contributed by atoms with Crippen LogP contribution in [0.4, 0.5) is 0 Å². The molecule has 1 aliphatic rings. The molecule has 34 heavy (non-hydrogen) atoms. The molecule has 1 atom stereocenters. The Balaban J connectivity index is 1.38. The molecule has 4 aromatic rings. The summed E-state index contributed by atoms with van der Waals surface area (Å²) < 4.78 is 1.20. The minimum atomic E-state index is 0.465. The fourth-order valence-corrected chi connectivity index (χ4v) is 5.10. The second-order valence-corrected chi connectivity index (χ2v) is 9.67. The fraction of sp³-hybridized carbons (Fsp3) is 0.133. The molecule has 0 spiro atoms. The molecular weight excluding hydrogens is 434 g/mol. The van der Waals surface area contributed by atoms with Crippen LogP contribution in [0.25, 0.3) is 26.5 Å². The molecule has 4 heteroatoms. The normalized spacial score (nSPS) is 15.9. The Bertz CT molecular complexity index is 1380. The lowest BCUT2D eigenvalue weighted by molar-refractivity contribution is 0.723. The van der Waals surface area contributed by atoms with E-state index in [0.717, 1.165) is 39.3 Å². The summed E-state index contributed by atoms with van der Waals surface area (Å²) in [6.07, 6.45) is 9.18. The molecule has 5 rings (SSSR count). The van der Waals surface area contributed by atoms with Gasteiger partial charge in [0, 0.05) is 17.8 Å². The van der Waals surface area contributed by atoms with Gasteiger partial charge < -0.3 is 10.7 Å². The van der Waals surface area contributed by atoms with Crippen LogP contribution in [0, 0.1) is 11.3 Å². The zero-order chi connectivity index (χ0) is 23.3. The van der Waals surface area contributed by atoms with Gasteiger partial charge in [-0.2, -0.15) is 0 Å². The van der Waals surface area contributed by atoms with Crippen LogP contribution >= 0.6 is 11.3 Å². The van der Waals surface area contributed by atoms with Gasteiger partial charge in [-0.05, 0) is 53.3 Å². The largest absolute Gasteiger partial charge is 0.380 e. The van der Waals surface area contributed by atoms with Gasteiger partial charge in [0.05, 0.1) is 15.9 Å². The van der Waals surface area contributed by atoms with E-state index in [2.05, 4.69) is 85.1 Å². The number of allylic oxidation sites excluding steroid dienone is 5. The monoisotopic (exact) mass is 461 g/mol. The molecule has 0 saturated heterocycles. The third-order valence-electron chi connectivity index (χ3n) is 5.95. The topological polar surface area (TPSA) is 48.8 Å². The third kappa shape index (κ3) is 5.08. The molecule has 0 aliphatic heterocycles. The van der Waals surface area contributed by atoms with E-state index in [-0.39, 0.29) is 0 Å². The van der Waals surface area contributed by atoms with Crippen molar-refractivity contribution in [3.05, 3.63) is 120 Å². The zero-order valence-electron chi connectivity index (χ0n) is 19.2. The van der Waals surface area contributed by atoms with Crippen molar-refractivity contribution in [2.24, 2.45) is 5.92 Å². The summed E-state index contributed by atoms with van der Waals surface area (Å²) in [6, 6.07) is 27.1. The Labute approximate surface area is 204 Å². The van der Waals surface area contributed by atoms with Crippen molar-refractivity contribution in [2.75, 3.05) is 0 Å². The van der Waals surface area contributed by atoms with E-state index in [4.69, 9.17) is 10.4 Å². The predicted octanol–water partition coefficient (Wildman–Crippen LogP) is 7.64. The summed E-state index contributed by atoms with van der Waals surface area (Å²) in [5.74, 6) is 0.465. The number of hydrogen-bond acceptors (Lipinski definition) is 4. The van der Waals surface area contributed by atoms with Crippen LogP contribution in [0.5, 0.6) is 0 Å². The highest BCUT2D eigenvalue weighted by atomic mass is 32.1. The number of para-hydroxylation sites is 1. The predicted molar refractivity (Wildman–Crippen MR) is 145 cm³/mol. The maximum absolute atomic E-state index is 8.71. The van der Waals surface area contributed by atoms with Crippen molar-refractivity contribution in [1.82, 2.24) is 10.3 Å². The molecule has 1 aliphatic carbocycles. The highest BCUT2D eigenvalue weighted by Crippen LogP contribution is 2.30. The van der Waals surface area contributed by atoms with E-state index in [0.29, 0.717) is 18.2 Å². The number of fused-ring (bicyclic) bond motifs is 1. The van der Waals surface area contributed by atoms with Gasteiger partial charge in [-0.15, -0.1) is 11.3 Å². The number of hydrogen-bond donors (Lipinski definition) is 2. The summed E-state index contributed by atoms with van der Waals surface area (Å²) in [5.41, 5.74) is 7.02. The second-order valence-electron chi connectivity index (χ2n) is 8.64. The molecule has 0 amide bonds. The van der Waals surface area contributed by atoms with Crippen LogP contribution in [-0.2, 0) is 6.54 Å². The summed E-state index contributed by atoms with van der Waals surface area (Å²) in [7, 11) is 0. The van der Waals surface area contributed by atoms with Crippen LogP contribution in [0.3, 0.4) is 0 Å². The van der Waals surface area contributed by atoms with Crippen LogP contribution in [0.1, 0.15) is 24.5 Å². The zero-order valence-corrected chi connectivity index (χ0v) is 20.0. The number of thiazole rings is 1. The average Bonchev–Trinajstić information content (AvgIpc) is 3.32. The third-order valence-corrected chi connectivity index (χ3v) is 7.03. The molecule has 2 N–H and O–H groups in total. The van der Waals surface area contributed by atoms with Crippen molar-refractivity contribution in [3.8, 4) is 10.6 Å². The number of aromatic nitrogens is 1. The Morgan fingerprint density at radius 1 is 1.06 bits per heavy atom. The first-order valence-electron chi connectivity index (χ1n) is 11.6. The lowest BCUT2D eigenvalue weighted by atomic mass is 9.92. The van der Waals surface area contributed by atoms with Gasteiger partial charge in [-0.1, -0.05) is 85.8 Å².